The van der Waals surface area contributed by atoms with Gasteiger partial charge in [-0.2, -0.15) is 8.78 Å². The Morgan fingerprint density at radius 3 is 2.36 bits per heavy atom. The molecule has 0 bridgehead atoms. The molecule has 0 radical (unpaired) electrons. The highest BCUT2D eigenvalue weighted by atomic mass is 35.5. The topological polar surface area (TPSA) is 20.2 Å². The molecule has 1 nitrogen and oxygen atoms in total. The highest BCUT2D eigenvalue weighted by Gasteiger charge is 2.38. The number of alkyl halides is 3. The SMILES string of the molecule is OC(c1cc(Cl)ccc1Cl)C(F)(F)Cl. The molecular weight excluding hydrogens is 256 g/mol. The van der Waals surface area contributed by atoms with Gasteiger partial charge in [0.05, 0.1) is 0 Å². The van der Waals surface area contributed by atoms with Crippen LogP contribution in [0.15, 0.2) is 18.2 Å². The van der Waals surface area contributed by atoms with Crippen molar-refractivity contribution in [2.75, 3.05) is 0 Å². The van der Waals surface area contributed by atoms with Crippen molar-refractivity contribution in [1.82, 2.24) is 0 Å². The molecule has 0 spiro atoms. The highest BCUT2D eigenvalue weighted by Crippen LogP contribution is 2.38. The molecule has 0 amide bonds. The summed E-state index contributed by atoms with van der Waals surface area (Å²) in [6.45, 7) is 0. The van der Waals surface area contributed by atoms with Gasteiger partial charge < -0.3 is 5.11 Å². The van der Waals surface area contributed by atoms with Crippen LogP contribution < -0.4 is 0 Å². The smallest absolute Gasteiger partial charge is 0.351 e. The Balaban J connectivity index is 3.12. The molecule has 1 aromatic rings. The van der Waals surface area contributed by atoms with Crippen LogP contribution in [0.1, 0.15) is 11.7 Å². The first kappa shape index (κ1) is 12.0. The van der Waals surface area contributed by atoms with Crippen LogP contribution >= 0.6 is 34.8 Å². The van der Waals surface area contributed by atoms with Crippen LogP contribution in [0.25, 0.3) is 0 Å². The number of aliphatic hydroxyl groups excluding tert-OH is 1. The van der Waals surface area contributed by atoms with Gasteiger partial charge in [0, 0.05) is 15.6 Å². The summed E-state index contributed by atoms with van der Waals surface area (Å²) in [6.07, 6.45) is -2.17. The third-order valence-electron chi connectivity index (χ3n) is 1.56. The van der Waals surface area contributed by atoms with E-state index in [0.717, 1.165) is 6.07 Å². The van der Waals surface area contributed by atoms with Crippen molar-refractivity contribution in [3.05, 3.63) is 33.8 Å². The molecule has 1 unspecified atom stereocenters. The van der Waals surface area contributed by atoms with Gasteiger partial charge >= 0.3 is 5.38 Å². The van der Waals surface area contributed by atoms with Crippen LogP contribution in [0.3, 0.4) is 0 Å². The van der Waals surface area contributed by atoms with Crippen molar-refractivity contribution in [1.29, 1.82) is 0 Å². The monoisotopic (exact) mass is 260 g/mol. The van der Waals surface area contributed by atoms with Gasteiger partial charge in [0.1, 0.15) is 0 Å². The normalized spacial score (nSPS) is 14.1. The number of halogens is 5. The molecule has 0 aromatic heterocycles. The number of aliphatic hydroxyl groups is 1. The molecule has 0 fully saturated rings. The summed E-state index contributed by atoms with van der Waals surface area (Å²) in [7, 11) is 0. The van der Waals surface area contributed by atoms with Gasteiger partial charge in [-0.1, -0.05) is 23.2 Å². The second-order valence-electron chi connectivity index (χ2n) is 2.61. The second-order valence-corrected chi connectivity index (χ2v) is 3.96. The van der Waals surface area contributed by atoms with Gasteiger partial charge in [-0.3, -0.25) is 0 Å². The van der Waals surface area contributed by atoms with Crippen molar-refractivity contribution in [2.45, 2.75) is 11.5 Å². The molecule has 1 atom stereocenters. The standard InChI is InChI=1S/C8H5Cl3F2O/c9-4-1-2-6(10)5(3-4)7(14)8(11,12)13/h1-3,7,14H. The molecule has 0 heterocycles. The summed E-state index contributed by atoms with van der Waals surface area (Å²) >= 11 is 15.8. The molecule has 1 rings (SSSR count). The minimum atomic E-state index is -3.77. The fraction of sp³-hybridized carbons (Fsp3) is 0.250. The predicted octanol–water partition coefficient (Wildman–Crippen LogP) is 3.86. The molecule has 0 saturated heterocycles. The summed E-state index contributed by atoms with van der Waals surface area (Å²) in [5, 5.41) is 5.55. The van der Waals surface area contributed by atoms with E-state index in [0.29, 0.717) is 0 Å². The first-order valence-corrected chi connectivity index (χ1v) is 4.65. The maximum absolute atomic E-state index is 12.5. The summed E-state index contributed by atoms with van der Waals surface area (Å²) in [6, 6.07) is 3.88. The van der Waals surface area contributed by atoms with Gasteiger partial charge in [0.25, 0.3) is 0 Å². The zero-order valence-electron chi connectivity index (χ0n) is 6.65. The molecule has 0 saturated carbocycles. The third-order valence-corrected chi connectivity index (χ3v) is 2.35. The van der Waals surface area contributed by atoms with Crippen molar-refractivity contribution in [3.63, 3.8) is 0 Å². The Morgan fingerprint density at radius 2 is 1.86 bits per heavy atom. The molecule has 1 N–H and O–H groups in total. The molecule has 78 valence electrons. The average molecular weight is 261 g/mol. The van der Waals surface area contributed by atoms with Crippen molar-refractivity contribution in [3.8, 4) is 0 Å². The van der Waals surface area contributed by atoms with E-state index in [1.165, 1.54) is 12.1 Å². The lowest BCUT2D eigenvalue weighted by Gasteiger charge is -2.17. The molecule has 0 aliphatic rings. The molecular formula is C8H5Cl3F2O. The molecule has 0 aliphatic heterocycles. The predicted molar refractivity (Wildman–Crippen MR) is 52.2 cm³/mol. The van der Waals surface area contributed by atoms with Crippen LogP contribution in [0.2, 0.25) is 10.0 Å². The van der Waals surface area contributed by atoms with Gasteiger partial charge in [-0.05, 0) is 29.8 Å². The van der Waals surface area contributed by atoms with Gasteiger partial charge in [-0.25, -0.2) is 0 Å². The lowest BCUT2D eigenvalue weighted by molar-refractivity contribution is -0.0424. The number of hydrogen-bond acceptors (Lipinski definition) is 1. The zero-order valence-corrected chi connectivity index (χ0v) is 8.91. The first-order valence-electron chi connectivity index (χ1n) is 3.52. The molecule has 0 aliphatic carbocycles. The average Bonchev–Trinajstić information content (AvgIpc) is 2.06. The number of rotatable bonds is 2. The van der Waals surface area contributed by atoms with E-state index in [-0.39, 0.29) is 15.6 Å². The summed E-state index contributed by atoms with van der Waals surface area (Å²) < 4.78 is 25.1. The lowest BCUT2D eigenvalue weighted by Crippen LogP contribution is -2.19. The quantitative estimate of drug-likeness (QED) is 0.802. The van der Waals surface area contributed by atoms with Crippen LogP contribution in [-0.2, 0) is 0 Å². The Morgan fingerprint density at radius 1 is 1.29 bits per heavy atom. The van der Waals surface area contributed by atoms with Crippen molar-refractivity contribution < 1.29 is 13.9 Å². The number of hydrogen-bond donors (Lipinski definition) is 1. The third kappa shape index (κ3) is 2.70. The van der Waals surface area contributed by atoms with Crippen molar-refractivity contribution in [2.24, 2.45) is 0 Å². The minimum absolute atomic E-state index is 0.0118. The second kappa shape index (κ2) is 4.19. The Labute approximate surface area is 94.2 Å². The van der Waals surface area contributed by atoms with Crippen molar-refractivity contribution >= 4 is 34.8 Å². The van der Waals surface area contributed by atoms with E-state index in [4.69, 9.17) is 28.3 Å². The highest BCUT2D eigenvalue weighted by molar-refractivity contribution is 6.33. The number of benzene rings is 1. The van der Waals surface area contributed by atoms with E-state index >= 15 is 0 Å². The fourth-order valence-corrected chi connectivity index (χ4v) is 1.42. The van der Waals surface area contributed by atoms with E-state index in [2.05, 4.69) is 11.6 Å². The van der Waals surface area contributed by atoms with Gasteiger partial charge in [0.2, 0.25) is 0 Å². The molecule has 1 aromatic carbocycles. The van der Waals surface area contributed by atoms with E-state index in [1.807, 2.05) is 0 Å². The molecule has 14 heavy (non-hydrogen) atoms. The minimum Gasteiger partial charge on any atom is -0.381 e. The summed E-state index contributed by atoms with van der Waals surface area (Å²) in [5.41, 5.74) is -0.195. The Kier molecular flexibility index (Phi) is 3.58. The maximum Gasteiger partial charge on any atom is 0.351 e. The largest absolute Gasteiger partial charge is 0.381 e. The van der Waals surface area contributed by atoms with E-state index in [1.54, 1.807) is 0 Å². The Bertz CT molecular complexity index is 338. The fourth-order valence-electron chi connectivity index (χ4n) is 0.900. The van der Waals surface area contributed by atoms with Gasteiger partial charge in [0.15, 0.2) is 6.10 Å². The van der Waals surface area contributed by atoms with Gasteiger partial charge in [-0.15, -0.1) is 0 Å². The molecule has 6 heteroatoms. The lowest BCUT2D eigenvalue weighted by atomic mass is 10.1. The zero-order chi connectivity index (χ0) is 10.9. The first-order chi connectivity index (χ1) is 6.32. The summed E-state index contributed by atoms with van der Waals surface area (Å²) in [5.74, 6) is 0. The summed E-state index contributed by atoms with van der Waals surface area (Å²) in [4.78, 5) is 0. The van der Waals surface area contributed by atoms with Crippen LogP contribution in [0.4, 0.5) is 8.78 Å². The van der Waals surface area contributed by atoms with Crippen LogP contribution in [-0.4, -0.2) is 10.5 Å². The van der Waals surface area contributed by atoms with E-state index in [9.17, 15) is 8.78 Å². The maximum atomic E-state index is 12.5. The van der Waals surface area contributed by atoms with Crippen LogP contribution in [0.5, 0.6) is 0 Å². The van der Waals surface area contributed by atoms with Crippen LogP contribution in [0, 0.1) is 0 Å². The van der Waals surface area contributed by atoms with E-state index < -0.39 is 11.5 Å². The Hall–Kier alpha value is -0.0900.